The van der Waals surface area contributed by atoms with Gasteiger partial charge in [-0.15, -0.1) is 0 Å². The third kappa shape index (κ3) is 1.91. The van der Waals surface area contributed by atoms with Crippen LogP contribution in [0.5, 0.6) is 0 Å². The summed E-state index contributed by atoms with van der Waals surface area (Å²) < 4.78 is 0. The van der Waals surface area contributed by atoms with Crippen molar-refractivity contribution in [3.63, 3.8) is 0 Å². The summed E-state index contributed by atoms with van der Waals surface area (Å²) in [4.78, 5) is 30.6. The number of halogens is 1. The van der Waals surface area contributed by atoms with Crippen molar-refractivity contribution in [3.05, 3.63) is 35.6 Å². The van der Waals surface area contributed by atoms with Crippen molar-refractivity contribution >= 4 is 40.0 Å². The summed E-state index contributed by atoms with van der Waals surface area (Å²) in [6, 6.07) is 5.16. The van der Waals surface area contributed by atoms with Crippen LogP contribution in [0.4, 0.5) is 10.5 Å². The Balaban J connectivity index is 2.13. The fourth-order valence-corrected chi connectivity index (χ4v) is 2.56. The molecular formula is C14H12ClN3O2. The lowest BCUT2D eigenvalue weighted by Crippen LogP contribution is -2.50. The molecule has 2 heterocycles. The lowest BCUT2D eigenvalue weighted by atomic mass is 10.1. The molecule has 0 saturated carbocycles. The number of fused-ring (bicyclic) bond motifs is 1. The van der Waals surface area contributed by atoms with Gasteiger partial charge in [0.05, 0.1) is 16.9 Å². The zero-order chi connectivity index (χ0) is 14.3. The van der Waals surface area contributed by atoms with E-state index in [1.165, 1.54) is 7.05 Å². The van der Waals surface area contributed by atoms with Crippen LogP contribution in [0, 0.1) is 0 Å². The zero-order valence-corrected chi connectivity index (χ0v) is 11.6. The number of rotatable bonds is 1. The van der Waals surface area contributed by atoms with E-state index in [1.807, 2.05) is 12.1 Å². The molecule has 0 N–H and O–H groups in total. The number of benzene rings is 1. The molecule has 5 nitrogen and oxygen atoms in total. The van der Waals surface area contributed by atoms with Crippen molar-refractivity contribution in [2.24, 2.45) is 0 Å². The zero-order valence-electron chi connectivity index (χ0n) is 10.8. The molecule has 2 aromatic rings. The van der Waals surface area contributed by atoms with Gasteiger partial charge in [-0.05, 0) is 6.07 Å². The molecule has 0 unspecified atom stereocenters. The Morgan fingerprint density at radius 1 is 1.20 bits per heavy atom. The molecule has 3 amide bonds. The molecule has 1 fully saturated rings. The minimum Gasteiger partial charge on any atom is -0.291 e. The number of imide groups is 1. The Hall–Kier alpha value is -2.14. The molecule has 6 heteroatoms. The first-order valence-electron chi connectivity index (χ1n) is 6.20. The Kier molecular flexibility index (Phi) is 3.06. The average molecular weight is 290 g/mol. The monoisotopic (exact) mass is 289 g/mol. The fourth-order valence-electron chi connectivity index (χ4n) is 2.34. The Morgan fingerprint density at radius 3 is 2.80 bits per heavy atom. The number of hydrogen-bond donors (Lipinski definition) is 0. The third-order valence-corrected chi connectivity index (χ3v) is 3.79. The Labute approximate surface area is 120 Å². The van der Waals surface area contributed by atoms with E-state index in [9.17, 15) is 9.59 Å². The van der Waals surface area contributed by atoms with E-state index < -0.39 is 0 Å². The van der Waals surface area contributed by atoms with Gasteiger partial charge in [0, 0.05) is 37.0 Å². The standard InChI is InChI=1S/C14H12ClN3O2/c1-17-13(19)5-6-18(14(17)20)12-8-16-7-10-9(12)3-2-4-11(10)15/h2-4,7-8H,5-6H2,1H3. The number of carbonyl (C=O) groups excluding carboxylic acids is 2. The number of nitrogens with zero attached hydrogens (tertiary/aromatic N) is 3. The smallest absolute Gasteiger partial charge is 0.291 e. The summed E-state index contributed by atoms with van der Waals surface area (Å²) in [5.41, 5.74) is 0.675. The quantitative estimate of drug-likeness (QED) is 0.811. The van der Waals surface area contributed by atoms with Gasteiger partial charge in [-0.2, -0.15) is 0 Å². The van der Waals surface area contributed by atoms with Gasteiger partial charge in [-0.3, -0.25) is 19.6 Å². The van der Waals surface area contributed by atoms with Gasteiger partial charge in [0.25, 0.3) is 0 Å². The van der Waals surface area contributed by atoms with E-state index in [0.29, 0.717) is 23.7 Å². The second-order valence-electron chi connectivity index (χ2n) is 4.63. The van der Waals surface area contributed by atoms with Gasteiger partial charge in [-0.25, -0.2) is 4.79 Å². The number of amides is 3. The number of pyridine rings is 1. The first kappa shape index (κ1) is 12.9. The molecule has 0 radical (unpaired) electrons. The summed E-state index contributed by atoms with van der Waals surface area (Å²) in [5, 5.41) is 2.23. The van der Waals surface area contributed by atoms with Crippen LogP contribution in [0.1, 0.15) is 6.42 Å². The van der Waals surface area contributed by atoms with E-state index in [1.54, 1.807) is 23.4 Å². The predicted molar refractivity (Wildman–Crippen MR) is 76.9 cm³/mol. The van der Waals surface area contributed by atoms with E-state index >= 15 is 0 Å². The van der Waals surface area contributed by atoms with E-state index in [2.05, 4.69) is 4.98 Å². The van der Waals surface area contributed by atoms with Crippen LogP contribution in [0.2, 0.25) is 5.02 Å². The molecule has 0 bridgehead atoms. The molecule has 0 atom stereocenters. The van der Waals surface area contributed by atoms with Crippen LogP contribution in [0.3, 0.4) is 0 Å². The van der Waals surface area contributed by atoms with Gasteiger partial charge >= 0.3 is 6.03 Å². The van der Waals surface area contributed by atoms with E-state index in [-0.39, 0.29) is 11.9 Å². The number of urea groups is 1. The summed E-state index contributed by atoms with van der Waals surface area (Å²) in [6.07, 6.45) is 3.60. The largest absolute Gasteiger partial charge is 0.330 e. The lowest BCUT2D eigenvalue weighted by Gasteiger charge is -2.32. The van der Waals surface area contributed by atoms with Gasteiger partial charge in [0.1, 0.15) is 0 Å². The average Bonchev–Trinajstić information content (AvgIpc) is 2.45. The van der Waals surface area contributed by atoms with E-state index in [4.69, 9.17) is 11.6 Å². The van der Waals surface area contributed by atoms with Crippen LogP contribution in [0.15, 0.2) is 30.6 Å². The van der Waals surface area contributed by atoms with Crippen molar-refractivity contribution < 1.29 is 9.59 Å². The fraction of sp³-hybridized carbons (Fsp3) is 0.214. The predicted octanol–water partition coefficient (Wildman–Crippen LogP) is 2.68. The minimum atomic E-state index is -0.337. The lowest BCUT2D eigenvalue weighted by molar-refractivity contribution is -0.127. The maximum Gasteiger partial charge on any atom is 0.330 e. The van der Waals surface area contributed by atoms with Crippen LogP contribution in [-0.4, -0.2) is 35.4 Å². The molecule has 1 saturated heterocycles. The van der Waals surface area contributed by atoms with Gasteiger partial charge in [0.15, 0.2) is 0 Å². The van der Waals surface area contributed by atoms with Gasteiger partial charge in [0.2, 0.25) is 5.91 Å². The topological polar surface area (TPSA) is 53.5 Å². The van der Waals surface area contributed by atoms with E-state index in [0.717, 1.165) is 15.7 Å². The van der Waals surface area contributed by atoms with Gasteiger partial charge < -0.3 is 0 Å². The van der Waals surface area contributed by atoms with Crippen LogP contribution < -0.4 is 4.90 Å². The molecule has 3 rings (SSSR count). The summed E-state index contributed by atoms with van der Waals surface area (Å²) in [5.74, 6) is -0.169. The molecule has 102 valence electrons. The normalized spacial score (nSPS) is 16.1. The first-order chi connectivity index (χ1) is 9.59. The van der Waals surface area contributed by atoms with Crippen molar-refractivity contribution in [3.8, 4) is 0 Å². The molecule has 1 aliphatic rings. The molecule has 1 aliphatic heterocycles. The number of anilines is 1. The van der Waals surface area contributed by atoms with Crippen LogP contribution >= 0.6 is 11.6 Å². The van der Waals surface area contributed by atoms with Crippen LogP contribution in [-0.2, 0) is 4.79 Å². The SMILES string of the molecule is CN1C(=O)CCN(c2cncc3c(Cl)cccc23)C1=O. The Bertz CT molecular complexity index is 717. The number of carbonyl (C=O) groups is 2. The molecule has 1 aromatic heterocycles. The number of hydrogen-bond acceptors (Lipinski definition) is 3. The van der Waals surface area contributed by atoms with Crippen LogP contribution in [0.25, 0.3) is 10.8 Å². The third-order valence-electron chi connectivity index (χ3n) is 3.46. The second-order valence-corrected chi connectivity index (χ2v) is 5.04. The minimum absolute atomic E-state index is 0.169. The Morgan fingerprint density at radius 2 is 2.00 bits per heavy atom. The second kappa shape index (κ2) is 4.76. The molecule has 20 heavy (non-hydrogen) atoms. The highest BCUT2D eigenvalue weighted by Crippen LogP contribution is 2.31. The maximum atomic E-state index is 12.2. The van der Waals surface area contributed by atoms with Crippen molar-refractivity contribution in [1.82, 2.24) is 9.88 Å². The maximum absolute atomic E-state index is 12.2. The highest BCUT2D eigenvalue weighted by molar-refractivity contribution is 6.36. The summed E-state index contributed by atoms with van der Waals surface area (Å²) in [7, 11) is 1.49. The molecular weight excluding hydrogens is 278 g/mol. The van der Waals surface area contributed by atoms with Crippen molar-refractivity contribution in [2.75, 3.05) is 18.5 Å². The highest BCUT2D eigenvalue weighted by Gasteiger charge is 2.30. The molecule has 0 spiro atoms. The summed E-state index contributed by atoms with van der Waals surface area (Å²) >= 11 is 6.15. The van der Waals surface area contributed by atoms with Crippen molar-refractivity contribution in [1.29, 1.82) is 0 Å². The van der Waals surface area contributed by atoms with Crippen molar-refractivity contribution in [2.45, 2.75) is 6.42 Å². The highest BCUT2D eigenvalue weighted by atomic mass is 35.5. The van der Waals surface area contributed by atoms with Gasteiger partial charge in [-0.1, -0.05) is 23.7 Å². The first-order valence-corrected chi connectivity index (χ1v) is 6.57. The summed E-state index contributed by atoms with van der Waals surface area (Å²) in [6.45, 7) is 0.356. The number of aromatic nitrogens is 1. The molecule has 1 aromatic carbocycles. The molecule has 0 aliphatic carbocycles.